The first-order chi connectivity index (χ1) is 14.7. The Morgan fingerprint density at radius 2 is 1.50 bits per heavy atom. The lowest BCUT2D eigenvalue weighted by atomic mass is 9.88. The molecule has 0 atom stereocenters. The summed E-state index contributed by atoms with van der Waals surface area (Å²) in [5.74, 6) is 2.32. The highest BCUT2D eigenvalue weighted by Gasteiger charge is 2.31. The summed E-state index contributed by atoms with van der Waals surface area (Å²) in [6.07, 6.45) is 1.26. The predicted octanol–water partition coefficient (Wildman–Crippen LogP) is 2.96. The highest BCUT2D eigenvalue weighted by Crippen LogP contribution is 2.36. The fraction of sp³-hybridized carbons (Fsp3) is 0.391. The molecule has 7 nitrogen and oxygen atoms in total. The molecule has 3 aliphatic heterocycles. The molecule has 0 radical (unpaired) electrons. The average molecular weight is 409 g/mol. The Balaban J connectivity index is 1.25. The van der Waals surface area contributed by atoms with Gasteiger partial charge in [0, 0.05) is 24.6 Å². The van der Waals surface area contributed by atoms with Crippen LogP contribution in [0.15, 0.2) is 36.4 Å². The van der Waals surface area contributed by atoms with Crippen LogP contribution in [0.4, 0.5) is 0 Å². The molecule has 156 valence electrons. The maximum absolute atomic E-state index is 13.1. The molecule has 0 aliphatic carbocycles. The van der Waals surface area contributed by atoms with Gasteiger partial charge in [-0.1, -0.05) is 6.07 Å². The molecule has 0 N–H and O–H groups in total. The summed E-state index contributed by atoms with van der Waals surface area (Å²) in [5, 5.41) is 0. The number of fused-ring (bicyclic) bond motifs is 2. The van der Waals surface area contributed by atoms with Gasteiger partial charge in [0.15, 0.2) is 28.8 Å². The second-order valence-electron chi connectivity index (χ2n) is 7.62. The van der Waals surface area contributed by atoms with E-state index in [0.717, 1.165) is 0 Å². The quantitative estimate of drug-likeness (QED) is 0.726. The number of Topliss-reactive ketones (excluding diaryl/α,β-unsaturated/α-hetero) is 1. The number of carbonyl (C=O) groups is 2. The van der Waals surface area contributed by atoms with Gasteiger partial charge in [0.05, 0.1) is 5.56 Å². The molecule has 2 aromatic rings. The number of piperidine rings is 1. The zero-order valence-electron chi connectivity index (χ0n) is 16.6. The second-order valence-corrected chi connectivity index (χ2v) is 7.62. The molecule has 1 amide bonds. The second kappa shape index (κ2) is 7.89. The first kappa shape index (κ1) is 18.8. The lowest BCUT2D eigenvalue weighted by Crippen LogP contribution is -2.40. The molecular formula is C23H23NO6. The SMILES string of the molecule is O=C(c1ccc2c(c1)OCCO2)C1CCN(C(=O)c2cccc3c2OCCO3)CC1. The number of ketones is 1. The third-order valence-corrected chi connectivity index (χ3v) is 5.78. The molecule has 0 unspecified atom stereocenters. The van der Waals surface area contributed by atoms with Crippen molar-refractivity contribution >= 4 is 11.7 Å². The maximum atomic E-state index is 13.1. The van der Waals surface area contributed by atoms with Crippen molar-refractivity contribution in [3.63, 3.8) is 0 Å². The predicted molar refractivity (Wildman–Crippen MR) is 108 cm³/mol. The van der Waals surface area contributed by atoms with Crippen LogP contribution >= 0.6 is 0 Å². The highest BCUT2D eigenvalue weighted by molar-refractivity contribution is 6.00. The van der Waals surface area contributed by atoms with Crippen LogP contribution in [0, 0.1) is 5.92 Å². The minimum Gasteiger partial charge on any atom is -0.486 e. The van der Waals surface area contributed by atoms with Gasteiger partial charge in [0.25, 0.3) is 5.91 Å². The van der Waals surface area contributed by atoms with Crippen LogP contribution in [-0.2, 0) is 0 Å². The topological polar surface area (TPSA) is 74.3 Å². The Kier molecular flexibility index (Phi) is 4.94. The van der Waals surface area contributed by atoms with Crippen molar-refractivity contribution in [2.45, 2.75) is 12.8 Å². The highest BCUT2D eigenvalue weighted by atomic mass is 16.6. The Morgan fingerprint density at radius 3 is 2.30 bits per heavy atom. The third-order valence-electron chi connectivity index (χ3n) is 5.78. The van der Waals surface area contributed by atoms with Gasteiger partial charge in [-0.2, -0.15) is 0 Å². The summed E-state index contributed by atoms with van der Waals surface area (Å²) >= 11 is 0. The van der Waals surface area contributed by atoms with Crippen LogP contribution in [-0.4, -0.2) is 56.1 Å². The number of hydrogen-bond donors (Lipinski definition) is 0. The average Bonchev–Trinajstić information content (AvgIpc) is 2.82. The molecule has 1 fully saturated rings. The molecule has 0 aromatic heterocycles. The van der Waals surface area contributed by atoms with Gasteiger partial charge in [0.2, 0.25) is 0 Å². The molecule has 3 heterocycles. The largest absolute Gasteiger partial charge is 0.486 e. The van der Waals surface area contributed by atoms with E-state index >= 15 is 0 Å². The van der Waals surface area contributed by atoms with E-state index in [2.05, 4.69) is 0 Å². The molecule has 30 heavy (non-hydrogen) atoms. The number of amides is 1. The number of nitrogens with zero attached hydrogens (tertiary/aromatic N) is 1. The standard InChI is InChI=1S/C23H23NO6/c25-21(16-4-5-18-20(14-16)29-11-10-27-18)15-6-8-24(9-7-15)23(26)17-2-1-3-19-22(17)30-13-12-28-19/h1-5,14-15H,6-13H2. The van der Waals surface area contributed by atoms with Crippen molar-refractivity contribution in [2.75, 3.05) is 39.5 Å². The minimum absolute atomic E-state index is 0.0809. The molecule has 0 bridgehead atoms. The Morgan fingerprint density at radius 1 is 0.800 bits per heavy atom. The van der Waals surface area contributed by atoms with E-state index in [0.29, 0.717) is 86.5 Å². The molecule has 0 saturated carbocycles. The van der Waals surface area contributed by atoms with Crippen molar-refractivity contribution in [3.05, 3.63) is 47.5 Å². The number of benzene rings is 2. The van der Waals surface area contributed by atoms with Crippen molar-refractivity contribution in [3.8, 4) is 23.0 Å². The van der Waals surface area contributed by atoms with E-state index in [1.54, 1.807) is 35.2 Å². The number of para-hydroxylation sites is 1. The monoisotopic (exact) mass is 409 g/mol. The fourth-order valence-electron chi connectivity index (χ4n) is 4.19. The normalized spacial score (nSPS) is 18.1. The summed E-state index contributed by atoms with van der Waals surface area (Å²) in [4.78, 5) is 27.8. The number of likely N-dealkylation sites (tertiary alicyclic amines) is 1. The van der Waals surface area contributed by atoms with Gasteiger partial charge in [-0.25, -0.2) is 0 Å². The zero-order chi connectivity index (χ0) is 20.5. The summed E-state index contributed by atoms with van der Waals surface area (Å²) in [5.41, 5.74) is 1.15. The van der Waals surface area contributed by atoms with E-state index < -0.39 is 0 Å². The van der Waals surface area contributed by atoms with Crippen molar-refractivity contribution < 1.29 is 28.5 Å². The van der Waals surface area contributed by atoms with Crippen molar-refractivity contribution in [1.82, 2.24) is 4.90 Å². The smallest absolute Gasteiger partial charge is 0.257 e. The summed E-state index contributed by atoms with van der Waals surface area (Å²) in [7, 11) is 0. The lowest BCUT2D eigenvalue weighted by Gasteiger charge is -2.32. The first-order valence-corrected chi connectivity index (χ1v) is 10.3. The van der Waals surface area contributed by atoms with Crippen LogP contribution in [0.2, 0.25) is 0 Å². The molecule has 3 aliphatic rings. The Labute approximate surface area is 174 Å². The molecule has 2 aromatic carbocycles. The number of carbonyl (C=O) groups excluding carboxylic acids is 2. The summed E-state index contributed by atoms with van der Waals surface area (Å²) in [6.45, 7) is 2.99. The minimum atomic E-state index is -0.110. The first-order valence-electron chi connectivity index (χ1n) is 10.3. The molecule has 5 rings (SSSR count). The van der Waals surface area contributed by atoms with E-state index in [9.17, 15) is 9.59 Å². The van der Waals surface area contributed by atoms with E-state index in [1.807, 2.05) is 6.07 Å². The van der Waals surface area contributed by atoms with Gasteiger partial charge < -0.3 is 23.8 Å². The third kappa shape index (κ3) is 3.44. The summed E-state index contributed by atoms with van der Waals surface area (Å²) < 4.78 is 22.4. The number of ether oxygens (including phenoxy) is 4. The van der Waals surface area contributed by atoms with Gasteiger partial charge >= 0.3 is 0 Å². The number of hydrogen-bond acceptors (Lipinski definition) is 6. The van der Waals surface area contributed by atoms with E-state index in [1.165, 1.54) is 0 Å². The van der Waals surface area contributed by atoms with Crippen molar-refractivity contribution in [2.24, 2.45) is 5.92 Å². The molecule has 0 spiro atoms. The maximum Gasteiger partial charge on any atom is 0.257 e. The van der Waals surface area contributed by atoms with E-state index in [4.69, 9.17) is 18.9 Å². The molecule has 1 saturated heterocycles. The van der Waals surface area contributed by atoms with Crippen LogP contribution in [0.1, 0.15) is 33.6 Å². The fourth-order valence-corrected chi connectivity index (χ4v) is 4.19. The van der Waals surface area contributed by atoms with Crippen LogP contribution in [0.5, 0.6) is 23.0 Å². The molecule has 7 heteroatoms. The van der Waals surface area contributed by atoms with E-state index in [-0.39, 0.29) is 17.6 Å². The van der Waals surface area contributed by atoms with Crippen molar-refractivity contribution in [1.29, 1.82) is 0 Å². The summed E-state index contributed by atoms with van der Waals surface area (Å²) in [6, 6.07) is 10.7. The Bertz CT molecular complexity index is 980. The van der Waals surface area contributed by atoms with Gasteiger partial charge in [-0.15, -0.1) is 0 Å². The zero-order valence-corrected chi connectivity index (χ0v) is 16.6. The lowest BCUT2D eigenvalue weighted by molar-refractivity contribution is 0.0642. The molecular weight excluding hydrogens is 386 g/mol. The van der Waals surface area contributed by atoms with Crippen LogP contribution in [0.25, 0.3) is 0 Å². The van der Waals surface area contributed by atoms with Gasteiger partial charge in [-0.3, -0.25) is 9.59 Å². The van der Waals surface area contributed by atoms with Crippen LogP contribution in [0.3, 0.4) is 0 Å². The number of rotatable bonds is 3. The Hall–Kier alpha value is -3.22. The van der Waals surface area contributed by atoms with Gasteiger partial charge in [0.1, 0.15) is 26.4 Å². The van der Waals surface area contributed by atoms with Gasteiger partial charge in [-0.05, 0) is 43.2 Å². The van der Waals surface area contributed by atoms with Crippen LogP contribution < -0.4 is 18.9 Å².